The van der Waals surface area contributed by atoms with Crippen LogP contribution in [0, 0.1) is 0 Å². The zero-order valence-corrected chi connectivity index (χ0v) is 9.17. The fourth-order valence-corrected chi connectivity index (χ4v) is 2.29. The highest BCUT2D eigenvalue weighted by molar-refractivity contribution is 6.18. The summed E-state index contributed by atoms with van der Waals surface area (Å²) in [7, 11) is 2.31. The van der Waals surface area contributed by atoms with Gasteiger partial charge in [-0.1, -0.05) is 6.92 Å². The number of nitrogens with zero attached hydrogens (tertiary/aromatic N) is 1. The molecule has 0 saturated carbocycles. The second kappa shape index (κ2) is 3.30. The van der Waals surface area contributed by atoms with Crippen LogP contribution in [0.1, 0.15) is 26.0 Å². The predicted octanol–water partition coefficient (Wildman–Crippen LogP) is 1.60. The van der Waals surface area contributed by atoms with Gasteiger partial charge in [-0.05, 0) is 30.8 Å². The van der Waals surface area contributed by atoms with Crippen molar-refractivity contribution in [2.45, 2.75) is 38.0 Å². The van der Waals surface area contributed by atoms with E-state index >= 15 is 0 Å². The zero-order valence-electron chi connectivity index (χ0n) is 9.17. The Bertz CT molecular complexity index is 338. The predicted molar refractivity (Wildman–Crippen MR) is 62.9 cm³/mol. The first-order valence-corrected chi connectivity index (χ1v) is 5.23. The molecule has 1 aromatic rings. The molecular formula is C11H17BN2. The number of aromatic amines is 1. The molecule has 2 unspecified atom stereocenters. The van der Waals surface area contributed by atoms with Crippen molar-refractivity contribution >= 4 is 13.6 Å². The van der Waals surface area contributed by atoms with Gasteiger partial charge in [0.05, 0.1) is 6.04 Å². The van der Waals surface area contributed by atoms with E-state index in [1.54, 1.807) is 0 Å². The van der Waals surface area contributed by atoms with Gasteiger partial charge in [-0.15, -0.1) is 0 Å². The molecule has 0 aliphatic carbocycles. The number of aromatic nitrogens is 1. The Morgan fingerprint density at radius 2 is 2.50 bits per heavy atom. The summed E-state index contributed by atoms with van der Waals surface area (Å²) < 4.78 is 0. The maximum Gasteiger partial charge on any atom is 0.112 e. The number of H-pyrrole nitrogens is 1. The van der Waals surface area contributed by atoms with Crippen LogP contribution in [-0.4, -0.2) is 24.6 Å². The van der Waals surface area contributed by atoms with E-state index in [4.69, 9.17) is 4.99 Å². The van der Waals surface area contributed by atoms with Gasteiger partial charge >= 0.3 is 0 Å². The van der Waals surface area contributed by atoms with E-state index in [1.807, 2.05) is 12.3 Å². The minimum atomic E-state index is 0.329. The first-order chi connectivity index (χ1) is 6.58. The molecule has 0 saturated heterocycles. The summed E-state index contributed by atoms with van der Waals surface area (Å²) in [4.78, 5) is 7.96. The lowest BCUT2D eigenvalue weighted by Crippen LogP contribution is -2.22. The monoisotopic (exact) mass is 188 g/mol. The molecule has 2 nitrogen and oxygen atoms in total. The number of rotatable bonds is 2. The van der Waals surface area contributed by atoms with Crippen LogP contribution in [0.15, 0.2) is 23.3 Å². The molecule has 0 bridgehead atoms. The largest absolute Gasteiger partial charge is 0.365 e. The van der Waals surface area contributed by atoms with E-state index in [9.17, 15) is 0 Å². The normalized spacial score (nSPS) is 31.9. The van der Waals surface area contributed by atoms with Gasteiger partial charge < -0.3 is 4.98 Å². The average Bonchev–Trinajstić information content (AvgIpc) is 2.61. The van der Waals surface area contributed by atoms with Crippen molar-refractivity contribution in [1.82, 2.24) is 4.98 Å². The van der Waals surface area contributed by atoms with Gasteiger partial charge in [0.15, 0.2) is 0 Å². The van der Waals surface area contributed by atoms with Gasteiger partial charge in [0.25, 0.3) is 0 Å². The molecule has 0 fully saturated rings. The minimum Gasteiger partial charge on any atom is -0.365 e. The molecule has 0 spiro atoms. The molecule has 2 heterocycles. The summed E-state index contributed by atoms with van der Waals surface area (Å²) in [6, 6.07) is 4.63. The van der Waals surface area contributed by atoms with Crippen molar-refractivity contribution in [1.29, 1.82) is 0 Å². The van der Waals surface area contributed by atoms with Crippen molar-refractivity contribution < 1.29 is 0 Å². The topological polar surface area (TPSA) is 28.1 Å². The van der Waals surface area contributed by atoms with Crippen molar-refractivity contribution in [3.8, 4) is 0 Å². The maximum atomic E-state index is 4.71. The first-order valence-electron chi connectivity index (χ1n) is 5.23. The lowest BCUT2D eigenvalue weighted by molar-refractivity contribution is 0.521. The molecular weight excluding hydrogens is 171 g/mol. The molecule has 0 aromatic carbocycles. The van der Waals surface area contributed by atoms with E-state index in [0.29, 0.717) is 11.4 Å². The van der Waals surface area contributed by atoms with Crippen LogP contribution in [0.4, 0.5) is 0 Å². The third kappa shape index (κ3) is 1.77. The Morgan fingerprint density at radius 1 is 1.71 bits per heavy atom. The van der Waals surface area contributed by atoms with Crippen molar-refractivity contribution in [2.75, 3.05) is 0 Å². The molecule has 1 N–H and O–H groups in total. The van der Waals surface area contributed by atoms with E-state index < -0.39 is 0 Å². The Labute approximate surface area is 86.2 Å². The third-order valence-electron chi connectivity index (χ3n) is 3.07. The summed E-state index contributed by atoms with van der Waals surface area (Å²) >= 11 is 0. The number of hydrogen-bond donors (Lipinski definition) is 1. The molecule has 14 heavy (non-hydrogen) atoms. The van der Waals surface area contributed by atoms with Crippen LogP contribution in [0.2, 0.25) is 5.31 Å². The standard InChI is InChI=1S/C11H17BN2/c1-8-7-11(2,12)10(14-8)6-9-4-3-5-13-9/h3-5,10,13H,6-7,12H2,1-2H3. The van der Waals surface area contributed by atoms with Crippen LogP contribution < -0.4 is 0 Å². The second-order valence-electron chi connectivity index (χ2n) is 4.95. The summed E-state index contributed by atoms with van der Waals surface area (Å²) in [6.45, 7) is 4.44. The van der Waals surface area contributed by atoms with Crippen LogP contribution >= 0.6 is 0 Å². The van der Waals surface area contributed by atoms with Crippen LogP contribution in [-0.2, 0) is 6.42 Å². The number of nitrogens with one attached hydrogen (secondary N) is 1. The Kier molecular flexibility index (Phi) is 2.26. The Morgan fingerprint density at radius 3 is 3.00 bits per heavy atom. The Balaban J connectivity index is 2.11. The molecule has 2 atom stereocenters. The van der Waals surface area contributed by atoms with Gasteiger partial charge in [0.1, 0.15) is 7.85 Å². The minimum absolute atomic E-state index is 0.329. The van der Waals surface area contributed by atoms with Gasteiger partial charge in [0, 0.05) is 24.0 Å². The van der Waals surface area contributed by atoms with Gasteiger partial charge in [0.2, 0.25) is 0 Å². The van der Waals surface area contributed by atoms with Crippen molar-refractivity contribution in [3.05, 3.63) is 24.0 Å². The lowest BCUT2D eigenvalue weighted by atomic mass is 9.63. The SMILES string of the molecule is BC1(C)CC(C)=NC1Cc1ccc[nH]1. The quantitative estimate of drug-likeness (QED) is 0.683. The van der Waals surface area contributed by atoms with Crippen LogP contribution in [0.3, 0.4) is 0 Å². The van der Waals surface area contributed by atoms with Crippen LogP contribution in [0.5, 0.6) is 0 Å². The molecule has 3 heteroatoms. The molecule has 0 radical (unpaired) electrons. The molecule has 2 rings (SSSR count). The van der Waals surface area contributed by atoms with Crippen molar-refractivity contribution in [3.63, 3.8) is 0 Å². The zero-order chi connectivity index (χ0) is 10.2. The molecule has 1 aliphatic rings. The first kappa shape index (κ1) is 9.57. The molecule has 1 aromatic heterocycles. The fraction of sp³-hybridized carbons (Fsp3) is 0.545. The molecule has 0 amide bonds. The fourth-order valence-electron chi connectivity index (χ4n) is 2.29. The number of aliphatic imine (C=N–C) groups is 1. The summed E-state index contributed by atoms with van der Waals surface area (Å²) in [5.41, 5.74) is 2.59. The Hall–Kier alpha value is -0.985. The number of hydrogen-bond acceptors (Lipinski definition) is 1. The van der Waals surface area contributed by atoms with Crippen molar-refractivity contribution in [2.24, 2.45) is 4.99 Å². The average molecular weight is 188 g/mol. The summed E-state index contributed by atoms with van der Waals surface area (Å²) in [5, 5.41) is 0.329. The van der Waals surface area contributed by atoms with E-state index in [-0.39, 0.29) is 0 Å². The highest BCUT2D eigenvalue weighted by atomic mass is 14.9. The molecule has 74 valence electrons. The lowest BCUT2D eigenvalue weighted by Gasteiger charge is -2.24. The highest BCUT2D eigenvalue weighted by Crippen LogP contribution is 2.39. The van der Waals surface area contributed by atoms with Gasteiger partial charge in [-0.3, -0.25) is 4.99 Å². The summed E-state index contributed by atoms with van der Waals surface area (Å²) in [5.74, 6) is 0. The summed E-state index contributed by atoms with van der Waals surface area (Å²) in [6.07, 6.45) is 4.16. The van der Waals surface area contributed by atoms with E-state index in [1.165, 1.54) is 11.4 Å². The van der Waals surface area contributed by atoms with Gasteiger partial charge in [-0.2, -0.15) is 0 Å². The second-order valence-corrected chi connectivity index (χ2v) is 4.95. The molecule has 1 aliphatic heterocycles. The van der Waals surface area contributed by atoms with E-state index in [0.717, 1.165) is 12.8 Å². The third-order valence-corrected chi connectivity index (χ3v) is 3.07. The maximum absolute atomic E-state index is 4.71. The van der Waals surface area contributed by atoms with Gasteiger partial charge in [-0.25, -0.2) is 0 Å². The van der Waals surface area contributed by atoms with E-state index in [2.05, 4.69) is 32.7 Å². The van der Waals surface area contributed by atoms with Crippen LogP contribution in [0.25, 0.3) is 0 Å². The highest BCUT2D eigenvalue weighted by Gasteiger charge is 2.34. The smallest absolute Gasteiger partial charge is 0.112 e.